The molecule has 0 radical (unpaired) electrons. The zero-order valence-electron chi connectivity index (χ0n) is 9.52. The fraction of sp³-hybridized carbons (Fsp3) is 0.500. The van der Waals surface area contributed by atoms with E-state index in [-0.39, 0.29) is 6.04 Å². The largest absolute Gasteiger partial charge is 0.378 e. The maximum absolute atomic E-state index is 8.83. The summed E-state index contributed by atoms with van der Waals surface area (Å²) in [6.45, 7) is 5.43. The third-order valence-electron chi connectivity index (χ3n) is 2.96. The predicted octanol–water partition coefficient (Wildman–Crippen LogP) is 1.56. The number of rotatable bonds is 3. The van der Waals surface area contributed by atoms with Crippen LogP contribution < -0.4 is 10.4 Å². The van der Waals surface area contributed by atoms with Gasteiger partial charge in [0.1, 0.15) is 0 Å². The molecule has 1 heterocycles. The molecule has 0 saturated carbocycles. The minimum atomic E-state index is -0.0289. The fourth-order valence-corrected chi connectivity index (χ4v) is 1.87. The van der Waals surface area contributed by atoms with E-state index in [2.05, 4.69) is 22.5 Å². The summed E-state index contributed by atoms with van der Waals surface area (Å²) in [5, 5.41) is 8.83. The van der Waals surface area contributed by atoms with Crippen molar-refractivity contribution in [1.29, 1.82) is 0 Å². The van der Waals surface area contributed by atoms with Crippen LogP contribution in [0.2, 0.25) is 0 Å². The molecular formula is C12H18N2O2. The SMILES string of the molecule is CC(NO)c1ccc(N2CCOCC2)cc1. The van der Waals surface area contributed by atoms with E-state index in [1.54, 1.807) is 0 Å². The van der Waals surface area contributed by atoms with Crippen LogP contribution in [0.4, 0.5) is 5.69 Å². The summed E-state index contributed by atoms with van der Waals surface area (Å²) in [4.78, 5) is 2.31. The highest BCUT2D eigenvalue weighted by atomic mass is 16.5. The van der Waals surface area contributed by atoms with E-state index in [9.17, 15) is 0 Å². The number of morpholine rings is 1. The van der Waals surface area contributed by atoms with Crippen molar-refractivity contribution in [1.82, 2.24) is 5.48 Å². The van der Waals surface area contributed by atoms with Gasteiger partial charge in [-0.05, 0) is 24.6 Å². The van der Waals surface area contributed by atoms with Gasteiger partial charge in [-0.2, -0.15) is 5.48 Å². The molecule has 1 aliphatic rings. The van der Waals surface area contributed by atoms with Gasteiger partial charge in [0, 0.05) is 18.8 Å². The number of anilines is 1. The first-order chi connectivity index (χ1) is 7.81. The van der Waals surface area contributed by atoms with Crippen LogP contribution in [0, 0.1) is 0 Å². The Labute approximate surface area is 95.8 Å². The maximum Gasteiger partial charge on any atom is 0.0642 e. The highest BCUT2D eigenvalue weighted by molar-refractivity contribution is 5.48. The van der Waals surface area contributed by atoms with Crippen LogP contribution in [0.25, 0.3) is 0 Å². The van der Waals surface area contributed by atoms with Crippen molar-refractivity contribution < 1.29 is 9.94 Å². The second kappa shape index (κ2) is 5.30. The number of nitrogens with one attached hydrogen (secondary N) is 1. The summed E-state index contributed by atoms with van der Waals surface area (Å²) in [6, 6.07) is 8.24. The molecule has 1 aromatic rings. The minimum absolute atomic E-state index is 0.0289. The molecular weight excluding hydrogens is 204 g/mol. The van der Waals surface area contributed by atoms with Crippen LogP contribution in [0.15, 0.2) is 24.3 Å². The van der Waals surface area contributed by atoms with Gasteiger partial charge in [-0.15, -0.1) is 0 Å². The molecule has 4 heteroatoms. The van der Waals surface area contributed by atoms with Crippen LogP contribution in [-0.4, -0.2) is 31.5 Å². The highest BCUT2D eigenvalue weighted by Crippen LogP contribution is 2.19. The van der Waals surface area contributed by atoms with Crippen molar-refractivity contribution >= 4 is 5.69 Å². The number of hydrogen-bond acceptors (Lipinski definition) is 4. The fourth-order valence-electron chi connectivity index (χ4n) is 1.87. The van der Waals surface area contributed by atoms with Crippen molar-refractivity contribution in [2.75, 3.05) is 31.2 Å². The van der Waals surface area contributed by atoms with Crippen molar-refractivity contribution in [2.24, 2.45) is 0 Å². The lowest BCUT2D eigenvalue weighted by Crippen LogP contribution is -2.36. The molecule has 0 amide bonds. The average Bonchev–Trinajstić information content (AvgIpc) is 2.39. The third kappa shape index (κ3) is 2.52. The van der Waals surface area contributed by atoms with Gasteiger partial charge in [-0.3, -0.25) is 0 Å². The van der Waals surface area contributed by atoms with Gasteiger partial charge in [0.25, 0.3) is 0 Å². The van der Waals surface area contributed by atoms with Crippen molar-refractivity contribution in [3.8, 4) is 0 Å². The van der Waals surface area contributed by atoms with E-state index in [0.717, 1.165) is 31.9 Å². The van der Waals surface area contributed by atoms with E-state index >= 15 is 0 Å². The summed E-state index contributed by atoms with van der Waals surface area (Å²) in [5.74, 6) is 0. The first-order valence-electron chi connectivity index (χ1n) is 5.63. The highest BCUT2D eigenvalue weighted by Gasteiger charge is 2.11. The van der Waals surface area contributed by atoms with E-state index < -0.39 is 0 Å². The molecule has 1 unspecified atom stereocenters. The first kappa shape index (κ1) is 11.4. The van der Waals surface area contributed by atoms with E-state index in [1.807, 2.05) is 19.1 Å². The number of hydroxylamine groups is 1. The second-order valence-electron chi connectivity index (χ2n) is 4.04. The Morgan fingerprint density at radius 3 is 2.44 bits per heavy atom. The first-order valence-corrected chi connectivity index (χ1v) is 5.63. The summed E-state index contributed by atoms with van der Waals surface area (Å²) in [6.07, 6.45) is 0. The monoisotopic (exact) mass is 222 g/mol. The van der Waals surface area contributed by atoms with Crippen LogP contribution >= 0.6 is 0 Å². The lowest BCUT2D eigenvalue weighted by atomic mass is 10.1. The Hall–Kier alpha value is -1.10. The van der Waals surface area contributed by atoms with Crippen molar-refractivity contribution in [3.63, 3.8) is 0 Å². The maximum atomic E-state index is 8.83. The average molecular weight is 222 g/mol. The van der Waals surface area contributed by atoms with E-state index in [0.29, 0.717) is 0 Å². The van der Waals surface area contributed by atoms with Crippen molar-refractivity contribution in [2.45, 2.75) is 13.0 Å². The quantitative estimate of drug-likeness (QED) is 0.762. The topological polar surface area (TPSA) is 44.7 Å². The molecule has 16 heavy (non-hydrogen) atoms. The summed E-state index contributed by atoms with van der Waals surface area (Å²) >= 11 is 0. The molecule has 1 aliphatic heterocycles. The molecule has 1 saturated heterocycles. The van der Waals surface area contributed by atoms with E-state index in [1.165, 1.54) is 5.69 Å². The van der Waals surface area contributed by atoms with Gasteiger partial charge < -0.3 is 14.8 Å². The number of hydrogen-bond donors (Lipinski definition) is 2. The van der Waals surface area contributed by atoms with E-state index in [4.69, 9.17) is 9.94 Å². The lowest BCUT2D eigenvalue weighted by molar-refractivity contribution is 0.122. The molecule has 1 atom stereocenters. The molecule has 0 bridgehead atoms. The van der Waals surface area contributed by atoms with Crippen LogP contribution in [0.1, 0.15) is 18.5 Å². The lowest BCUT2D eigenvalue weighted by Gasteiger charge is -2.29. The summed E-state index contributed by atoms with van der Waals surface area (Å²) < 4.78 is 5.32. The Morgan fingerprint density at radius 2 is 1.88 bits per heavy atom. The molecule has 0 aromatic heterocycles. The number of benzene rings is 1. The molecule has 2 N–H and O–H groups in total. The van der Waals surface area contributed by atoms with Crippen molar-refractivity contribution in [3.05, 3.63) is 29.8 Å². The molecule has 4 nitrogen and oxygen atoms in total. The third-order valence-corrected chi connectivity index (χ3v) is 2.96. The molecule has 0 spiro atoms. The van der Waals surface area contributed by atoms with Gasteiger partial charge >= 0.3 is 0 Å². The molecule has 88 valence electrons. The van der Waals surface area contributed by atoms with Gasteiger partial charge in [0.15, 0.2) is 0 Å². The Bertz CT molecular complexity index is 320. The predicted molar refractivity (Wildman–Crippen MR) is 62.8 cm³/mol. The smallest absolute Gasteiger partial charge is 0.0642 e. The molecule has 2 rings (SSSR count). The number of nitrogens with zero attached hydrogens (tertiary/aromatic N) is 1. The summed E-state index contributed by atoms with van der Waals surface area (Å²) in [7, 11) is 0. The Morgan fingerprint density at radius 1 is 1.25 bits per heavy atom. The molecule has 1 fully saturated rings. The second-order valence-corrected chi connectivity index (χ2v) is 4.04. The Kier molecular flexibility index (Phi) is 3.77. The standard InChI is InChI=1S/C12H18N2O2/c1-10(13-15)11-2-4-12(5-3-11)14-6-8-16-9-7-14/h2-5,10,13,15H,6-9H2,1H3. The van der Waals surface area contributed by atoms with Gasteiger partial charge in [0.2, 0.25) is 0 Å². The minimum Gasteiger partial charge on any atom is -0.378 e. The Balaban J connectivity index is 2.06. The zero-order valence-corrected chi connectivity index (χ0v) is 9.52. The van der Waals surface area contributed by atoms with Crippen LogP contribution in [-0.2, 0) is 4.74 Å². The van der Waals surface area contributed by atoms with Gasteiger partial charge in [0.05, 0.1) is 19.3 Å². The van der Waals surface area contributed by atoms with Crippen LogP contribution in [0.5, 0.6) is 0 Å². The normalized spacial score (nSPS) is 18.5. The van der Waals surface area contributed by atoms with Crippen LogP contribution in [0.3, 0.4) is 0 Å². The molecule has 1 aromatic carbocycles. The zero-order chi connectivity index (χ0) is 11.4. The summed E-state index contributed by atoms with van der Waals surface area (Å²) in [5.41, 5.74) is 4.55. The van der Waals surface area contributed by atoms with Gasteiger partial charge in [-0.25, -0.2) is 0 Å². The molecule has 0 aliphatic carbocycles. The number of ether oxygens (including phenoxy) is 1. The van der Waals surface area contributed by atoms with Gasteiger partial charge in [-0.1, -0.05) is 12.1 Å².